The number of morpholine rings is 1. The normalized spacial score (nSPS) is 15.7. The van der Waals surface area contributed by atoms with Crippen molar-refractivity contribution >= 4 is 23.7 Å². The number of unbranched alkanes of at least 4 members (excludes halogenated alkanes) is 1. The second kappa shape index (κ2) is 16.7. The maximum absolute atomic E-state index is 14.5. The summed E-state index contributed by atoms with van der Waals surface area (Å²) in [7, 11) is 0. The number of ketones is 1. The monoisotopic (exact) mass is 695 g/mol. The summed E-state index contributed by atoms with van der Waals surface area (Å²) < 4.78 is 80.7. The SMILES string of the molecule is CC(OC(N)=O)c1oc(-c2ccc(OC(F)F)c(OCCCCC(=O)C3CNCCO3)c2)nc1C(=O)NC(C(N)=O)c1ccc(F)cc1F. The van der Waals surface area contributed by atoms with E-state index in [2.05, 4.69) is 20.4 Å². The van der Waals surface area contributed by atoms with Gasteiger partial charge < -0.3 is 45.5 Å². The van der Waals surface area contributed by atoms with Crippen LogP contribution >= 0.6 is 0 Å². The number of ether oxygens (including phenoxy) is 4. The minimum absolute atomic E-state index is 0.00251. The number of carbonyl (C=O) groups is 4. The number of rotatable bonds is 16. The van der Waals surface area contributed by atoms with Gasteiger partial charge in [0.25, 0.3) is 5.91 Å². The lowest BCUT2D eigenvalue weighted by Crippen LogP contribution is -2.43. The van der Waals surface area contributed by atoms with Crippen molar-refractivity contribution in [3.63, 3.8) is 0 Å². The topological polar surface area (TPSA) is 207 Å². The van der Waals surface area contributed by atoms with Crippen LogP contribution in [0, 0.1) is 11.6 Å². The predicted octanol–water partition coefficient (Wildman–Crippen LogP) is 3.44. The van der Waals surface area contributed by atoms with E-state index in [1.807, 2.05) is 0 Å². The van der Waals surface area contributed by atoms with Gasteiger partial charge >= 0.3 is 12.7 Å². The standard InChI is InChI=1S/C31H33F4N5O9/c1-15(47-31(37)44)26-25(28(43)39-24(27(36)42)18-7-6-17(32)13-19(18)33)40-29(49-26)16-5-8-21(48-30(34)35)22(12-16)45-10-3-2-4-20(41)23-14-38-9-11-46-23/h5-8,12-13,15,23-24,30,38H,2-4,9-11,14H2,1H3,(H2,36,42)(H2,37,44)(H,39,43). The number of oxazole rings is 1. The number of Topliss-reactive ketones (excluding diaryl/α,β-unsaturated/α-hetero) is 1. The zero-order valence-corrected chi connectivity index (χ0v) is 26.0. The number of aromatic nitrogens is 1. The van der Waals surface area contributed by atoms with E-state index in [1.54, 1.807) is 0 Å². The molecule has 1 fully saturated rings. The van der Waals surface area contributed by atoms with Crippen molar-refractivity contribution in [2.45, 2.75) is 51.0 Å². The van der Waals surface area contributed by atoms with Gasteiger partial charge in [-0.25, -0.2) is 18.6 Å². The highest BCUT2D eigenvalue weighted by Crippen LogP contribution is 2.36. The number of nitrogens with zero attached hydrogens (tertiary/aromatic N) is 1. The van der Waals surface area contributed by atoms with Gasteiger partial charge in [-0.2, -0.15) is 8.78 Å². The molecule has 6 N–H and O–H groups in total. The largest absolute Gasteiger partial charge is 0.490 e. The number of hydrogen-bond donors (Lipinski definition) is 4. The third kappa shape index (κ3) is 9.89. The highest BCUT2D eigenvalue weighted by atomic mass is 19.3. The minimum atomic E-state index is -3.20. The van der Waals surface area contributed by atoms with E-state index >= 15 is 0 Å². The van der Waals surface area contributed by atoms with Gasteiger partial charge in [-0.15, -0.1) is 0 Å². The van der Waals surface area contributed by atoms with Gasteiger partial charge in [0.2, 0.25) is 11.8 Å². The quantitative estimate of drug-likeness (QED) is 0.126. The third-order valence-electron chi connectivity index (χ3n) is 7.13. The first-order valence-electron chi connectivity index (χ1n) is 14.9. The molecule has 2 aromatic carbocycles. The van der Waals surface area contributed by atoms with Gasteiger partial charge in [0, 0.05) is 36.7 Å². The zero-order valence-electron chi connectivity index (χ0n) is 26.0. The number of nitrogens with two attached hydrogens (primary N) is 2. The van der Waals surface area contributed by atoms with E-state index < -0.39 is 65.7 Å². The summed E-state index contributed by atoms with van der Waals surface area (Å²) in [6.45, 7) is -0.391. The number of benzene rings is 2. The Balaban J connectivity index is 1.57. The maximum Gasteiger partial charge on any atom is 0.405 e. The highest BCUT2D eigenvalue weighted by Gasteiger charge is 2.31. The van der Waals surface area contributed by atoms with Crippen LogP contribution in [-0.2, 0) is 19.1 Å². The molecule has 3 aromatic rings. The second-order valence-corrected chi connectivity index (χ2v) is 10.7. The lowest BCUT2D eigenvalue weighted by atomic mass is 10.0. The van der Waals surface area contributed by atoms with Crippen LogP contribution in [0.5, 0.6) is 11.5 Å². The molecule has 0 aliphatic carbocycles. The molecule has 49 heavy (non-hydrogen) atoms. The predicted molar refractivity (Wildman–Crippen MR) is 160 cm³/mol. The first-order valence-corrected chi connectivity index (χ1v) is 14.9. The average molecular weight is 696 g/mol. The van der Waals surface area contributed by atoms with Gasteiger partial charge in [0.15, 0.2) is 34.8 Å². The Hall–Kier alpha value is -5.23. The van der Waals surface area contributed by atoms with Crippen LogP contribution < -0.4 is 31.6 Å². The second-order valence-electron chi connectivity index (χ2n) is 10.7. The van der Waals surface area contributed by atoms with Crippen molar-refractivity contribution in [1.29, 1.82) is 0 Å². The van der Waals surface area contributed by atoms with Crippen LogP contribution in [0.15, 0.2) is 40.8 Å². The summed E-state index contributed by atoms with van der Waals surface area (Å²) in [5, 5.41) is 5.28. The maximum atomic E-state index is 14.5. The molecule has 18 heteroatoms. The number of alkyl halides is 2. The molecule has 3 atom stereocenters. The van der Waals surface area contributed by atoms with Crippen molar-refractivity contribution in [3.05, 3.63) is 65.1 Å². The Morgan fingerprint density at radius 1 is 1.08 bits per heavy atom. The number of hydrogen-bond acceptors (Lipinski definition) is 11. The van der Waals surface area contributed by atoms with Crippen LogP contribution in [0.3, 0.4) is 0 Å². The lowest BCUT2D eigenvalue weighted by molar-refractivity contribution is -0.132. The van der Waals surface area contributed by atoms with Gasteiger partial charge in [0.05, 0.1) is 13.2 Å². The van der Waals surface area contributed by atoms with Gasteiger partial charge in [-0.1, -0.05) is 6.07 Å². The molecule has 0 spiro atoms. The summed E-state index contributed by atoms with van der Waals surface area (Å²) in [5.74, 6) is -5.70. The molecule has 3 amide bonds. The fraction of sp³-hybridized carbons (Fsp3) is 0.387. The Morgan fingerprint density at radius 2 is 1.86 bits per heavy atom. The number of primary amides is 2. The van der Waals surface area contributed by atoms with Crippen LogP contribution in [-0.4, -0.2) is 67.7 Å². The van der Waals surface area contributed by atoms with E-state index in [9.17, 15) is 36.7 Å². The Labute approximate surface area is 276 Å². The van der Waals surface area contributed by atoms with Crippen LogP contribution in [0.2, 0.25) is 0 Å². The van der Waals surface area contributed by atoms with E-state index in [1.165, 1.54) is 19.1 Å². The molecule has 0 radical (unpaired) electrons. The smallest absolute Gasteiger partial charge is 0.405 e. The minimum Gasteiger partial charge on any atom is -0.490 e. The molecule has 0 bridgehead atoms. The summed E-state index contributed by atoms with van der Waals surface area (Å²) in [5.41, 5.74) is 9.59. The van der Waals surface area contributed by atoms with E-state index in [-0.39, 0.29) is 47.5 Å². The highest BCUT2D eigenvalue weighted by molar-refractivity contribution is 5.97. The molecule has 2 heterocycles. The molecule has 264 valence electrons. The molecule has 1 saturated heterocycles. The Morgan fingerprint density at radius 3 is 2.51 bits per heavy atom. The van der Waals surface area contributed by atoms with Gasteiger partial charge in [-0.05, 0) is 44.0 Å². The fourth-order valence-corrected chi connectivity index (χ4v) is 4.82. The van der Waals surface area contributed by atoms with E-state index in [0.717, 1.165) is 18.2 Å². The number of amides is 3. The summed E-state index contributed by atoms with van der Waals surface area (Å²) in [4.78, 5) is 53.5. The van der Waals surface area contributed by atoms with Crippen LogP contribution in [0.4, 0.5) is 22.4 Å². The molecule has 1 aliphatic rings. The molecule has 4 rings (SSSR count). The molecular formula is C31H33F4N5O9. The molecule has 0 saturated carbocycles. The van der Waals surface area contributed by atoms with Crippen molar-refractivity contribution in [1.82, 2.24) is 15.6 Å². The van der Waals surface area contributed by atoms with E-state index in [4.69, 9.17) is 30.1 Å². The summed E-state index contributed by atoms with van der Waals surface area (Å²) in [6, 6.07) is 4.11. The Bertz CT molecular complexity index is 1670. The molecule has 1 aliphatic heterocycles. The van der Waals surface area contributed by atoms with E-state index in [0.29, 0.717) is 38.6 Å². The number of halogens is 4. The van der Waals surface area contributed by atoms with Crippen LogP contribution in [0.1, 0.15) is 60.1 Å². The molecule has 3 unspecified atom stereocenters. The zero-order chi connectivity index (χ0) is 35.7. The van der Waals surface area contributed by atoms with Gasteiger partial charge in [0.1, 0.15) is 23.8 Å². The van der Waals surface area contributed by atoms with Gasteiger partial charge in [-0.3, -0.25) is 14.4 Å². The first-order chi connectivity index (χ1) is 23.3. The summed E-state index contributed by atoms with van der Waals surface area (Å²) in [6.07, 6.45) is -2.09. The van der Waals surface area contributed by atoms with Crippen molar-refractivity contribution in [2.24, 2.45) is 11.5 Å². The average Bonchev–Trinajstić information content (AvgIpc) is 3.50. The lowest BCUT2D eigenvalue weighted by Gasteiger charge is -2.22. The fourth-order valence-electron chi connectivity index (χ4n) is 4.82. The Kier molecular flexibility index (Phi) is 12.5. The summed E-state index contributed by atoms with van der Waals surface area (Å²) >= 11 is 0. The van der Waals surface area contributed by atoms with Crippen molar-refractivity contribution in [3.8, 4) is 23.0 Å². The van der Waals surface area contributed by atoms with Crippen molar-refractivity contribution < 1.29 is 60.1 Å². The molecular weight excluding hydrogens is 662 g/mol. The van der Waals surface area contributed by atoms with Crippen molar-refractivity contribution in [2.75, 3.05) is 26.3 Å². The molecule has 1 aromatic heterocycles. The third-order valence-corrected chi connectivity index (χ3v) is 7.13. The number of nitrogens with one attached hydrogen (secondary N) is 2. The van der Waals surface area contributed by atoms with Crippen LogP contribution in [0.25, 0.3) is 11.5 Å². The molecule has 14 nitrogen and oxygen atoms in total. The first kappa shape index (κ1) is 36.6. The number of carbonyl (C=O) groups excluding carboxylic acids is 4.